The molecule has 1 aliphatic carbocycles. The van der Waals surface area contributed by atoms with Gasteiger partial charge < -0.3 is 14.0 Å². The lowest BCUT2D eigenvalue weighted by Gasteiger charge is -2.32. The molecule has 1 saturated heterocycles. The minimum atomic E-state index is 0.190. The van der Waals surface area contributed by atoms with Crippen molar-refractivity contribution in [2.75, 3.05) is 13.1 Å². The Morgan fingerprint density at radius 2 is 2.09 bits per heavy atom. The van der Waals surface area contributed by atoms with Crippen molar-refractivity contribution in [3.63, 3.8) is 0 Å². The summed E-state index contributed by atoms with van der Waals surface area (Å²) in [7, 11) is 0. The second-order valence-corrected chi connectivity index (χ2v) is 6.73. The highest BCUT2D eigenvalue weighted by Crippen LogP contribution is 2.38. The molecule has 1 aliphatic heterocycles. The van der Waals surface area contributed by atoms with Gasteiger partial charge in [-0.15, -0.1) is 0 Å². The Hall–Kier alpha value is -2.11. The fraction of sp³-hybridized carbons (Fsp3) is 0.588. The molecule has 6 nitrogen and oxygen atoms in total. The van der Waals surface area contributed by atoms with Crippen molar-refractivity contribution in [1.29, 1.82) is 0 Å². The SMILES string of the molecule is O=C(Cn1cccc1)N1CCCC(Cc2nc(C3CC3)no2)C1. The summed E-state index contributed by atoms with van der Waals surface area (Å²) in [6, 6.07) is 3.89. The third-order valence-electron chi connectivity index (χ3n) is 4.75. The first-order valence-corrected chi connectivity index (χ1v) is 8.49. The third-order valence-corrected chi connectivity index (χ3v) is 4.75. The molecule has 0 spiro atoms. The number of hydrogen-bond donors (Lipinski definition) is 0. The average Bonchev–Trinajstić information content (AvgIpc) is 3.09. The number of carbonyl (C=O) groups excluding carboxylic acids is 1. The fourth-order valence-corrected chi connectivity index (χ4v) is 3.30. The number of carbonyl (C=O) groups is 1. The quantitative estimate of drug-likeness (QED) is 0.849. The monoisotopic (exact) mass is 314 g/mol. The van der Waals surface area contributed by atoms with Gasteiger partial charge in [0.05, 0.1) is 0 Å². The molecule has 6 heteroatoms. The van der Waals surface area contributed by atoms with Crippen molar-refractivity contribution in [3.05, 3.63) is 36.2 Å². The highest BCUT2D eigenvalue weighted by atomic mass is 16.5. The van der Waals surface area contributed by atoms with Crippen LogP contribution in [0.4, 0.5) is 0 Å². The smallest absolute Gasteiger partial charge is 0.242 e. The third kappa shape index (κ3) is 3.46. The van der Waals surface area contributed by atoms with Gasteiger partial charge in [0.2, 0.25) is 11.8 Å². The zero-order chi connectivity index (χ0) is 15.6. The van der Waals surface area contributed by atoms with E-state index in [1.807, 2.05) is 34.0 Å². The van der Waals surface area contributed by atoms with Crippen LogP contribution in [-0.2, 0) is 17.8 Å². The summed E-state index contributed by atoms with van der Waals surface area (Å²) in [5.74, 6) is 2.74. The van der Waals surface area contributed by atoms with Crippen molar-refractivity contribution in [3.8, 4) is 0 Å². The van der Waals surface area contributed by atoms with Gasteiger partial charge in [0.25, 0.3) is 0 Å². The first-order valence-electron chi connectivity index (χ1n) is 8.49. The molecule has 1 saturated carbocycles. The Labute approximate surface area is 135 Å². The first-order chi connectivity index (χ1) is 11.3. The van der Waals surface area contributed by atoms with Gasteiger partial charge in [0.15, 0.2) is 5.82 Å². The molecular formula is C17H22N4O2. The van der Waals surface area contributed by atoms with Crippen molar-refractivity contribution >= 4 is 5.91 Å². The van der Waals surface area contributed by atoms with Gasteiger partial charge in [-0.05, 0) is 43.7 Å². The minimum Gasteiger partial charge on any atom is -0.345 e. The standard InChI is InChI=1S/C17H22N4O2/c22-16(12-20-7-1-2-8-20)21-9-3-4-13(11-21)10-15-18-17(19-23-15)14-5-6-14/h1-2,7-8,13-14H,3-6,9-12H2. The molecule has 1 amide bonds. The maximum Gasteiger partial charge on any atom is 0.242 e. The highest BCUT2D eigenvalue weighted by Gasteiger charge is 2.30. The molecule has 2 aromatic rings. The van der Waals surface area contributed by atoms with Crippen LogP contribution >= 0.6 is 0 Å². The van der Waals surface area contributed by atoms with Crippen molar-refractivity contribution in [2.24, 2.45) is 5.92 Å². The van der Waals surface area contributed by atoms with Gasteiger partial charge in [-0.25, -0.2) is 0 Å². The molecule has 2 aromatic heterocycles. The van der Waals surface area contributed by atoms with E-state index in [4.69, 9.17) is 4.52 Å². The molecule has 3 heterocycles. The second-order valence-electron chi connectivity index (χ2n) is 6.73. The molecule has 1 unspecified atom stereocenters. The van der Waals surface area contributed by atoms with Crippen molar-refractivity contribution < 1.29 is 9.32 Å². The Morgan fingerprint density at radius 3 is 2.87 bits per heavy atom. The van der Waals surface area contributed by atoms with Gasteiger partial charge >= 0.3 is 0 Å². The molecule has 23 heavy (non-hydrogen) atoms. The van der Waals surface area contributed by atoms with Gasteiger partial charge in [-0.1, -0.05) is 5.16 Å². The number of nitrogens with zero attached hydrogens (tertiary/aromatic N) is 4. The number of likely N-dealkylation sites (tertiary alicyclic amines) is 1. The van der Waals surface area contributed by atoms with Crippen LogP contribution in [0.15, 0.2) is 29.0 Å². The van der Waals surface area contributed by atoms with E-state index >= 15 is 0 Å². The van der Waals surface area contributed by atoms with Crippen LogP contribution < -0.4 is 0 Å². The van der Waals surface area contributed by atoms with Crippen LogP contribution in [-0.4, -0.2) is 38.6 Å². The van der Waals surface area contributed by atoms with Crippen LogP contribution in [0.5, 0.6) is 0 Å². The molecule has 122 valence electrons. The van der Waals surface area contributed by atoms with E-state index in [1.54, 1.807) is 0 Å². The van der Waals surface area contributed by atoms with Crippen molar-refractivity contribution in [2.45, 2.75) is 44.6 Å². The summed E-state index contributed by atoms with van der Waals surface area (Å²) in [6.45, 7) is 2.07. The lowest BCUT2D eigenvalue weighted by Crippen LogP contribution is -2.42. The van der Waals surface area contributed by atoms with Gasteiger partial charge in [0.1, 0.15) is 6.54 Å². The highest BCUT2D eigenvalue weighted by molar-refractivity contribution is 5.76. The summed E-state index contributed by atoms with van der Waals surface area (Å²) in [4.78, 5) is 18.9. The lowest BCUT2D eigenvalue weighted by molar-refractivity contribution is -0.133. The summed E-state index contributed by atoms with van der Waals surface area (Å²) in [5.41, 5.74) is 0. The molecule has 1 atom stereocenters. The maximum absolute atomic E-state index is 12.4. The molecule has 2 fully saturated rings. The molecule has 0 bridgehead atoms. The van der Waals surface area contributed by atoms with E-state index in [-0.39, 0.29) is 5.91 Å². The van der Waals surface area contributed by atoms with Gasteiger partial charge in [0, 0.05) is 37.8 Å². The molecule has 2 aliphatic rings. The lowest BCUT2D eigenvalue weighted by atomic mass is 9.94. The summed E-state index contributed by atoms with van der Waals surface area (Å²) in [6.07, 6.45) is 9.18. The van der Waals surface area contributed by atoms with Crippen LogP contribution in [0.1, 0.15) is 43.3 Å². The van der Waals surface area contributed by atoms with Crippen LogP contribution in [0.3, 0.4) is 0 Å². The topological polar surface area (TPSA) is 64.2 Å². The Balaban J connectivity index is 1.33. The largest absolute Gasteiger partial charge is 0.345 e. The number of amides is 1. The summed E-state index contributed by atoms with van der Waals surface area (Å²) >= 11 is 0. The van der Waals surface area contributed by atoms with E-state index in [0.717, 1.165) is 44.1 Å². The van der Waals surface area contributed by atoms with E-state index < -0.39 is 0 Å². The normalized spacial score (nSPS) is 21.6. The predicted molar refractivity (Wildman–Crippen MR) is 83.7 cm³/mol. The fourth-order valence-electron chi connectivity index (χ4n) is 3.30. The zero-order valence-corrected chi connectivity index (χ0v) is 13.2. The first kappa shape index (κ1) is 14.5. The van der Waals surface area contributed by atoms with E-state index in [1.165, 1.54) is 12.8 Å². The van der Waals surface area contributed by atoms with Crippen LogP contribution in [0.2, 0.25) is 0 Å². The zero-order valence-electron chi connectivity index (χ0n) is 13.2. The predicted octanol–water partition coefficient (Wildman–Crippen LogP) is 2.23. The van der Waals surface area contributed by atoms with Gasteiger partial charge in [-0.3, -0.25) is 4.79 Å². The van der Waals surface area contributed by atoms with Crippen LogP contribution in [0, 0.1) is 5.92 Å². The second kappa shape index (κ2) is 6.18. The number of aromatic nitrogens is 3. The van der Waals surface area contributed by atoms with Crippen LogP contribution in [0.25, 0.3) is 0 Å². The number of hydrogen-bond acceptors (Lipinski definition) is 4. The number of piperidine rings is 1. The average molecular weight is 314 g/mol. The Bertz CT molecular complexity index is 660. The molecular weight excluding hydrogens is 292 g/mol. The summed E-state index contributed by atoms with van der Waals surface area (Å²) < 4.78 is 7.30. The van der Waals surface area contributed by atoms with E-state index in [0.29, 0.717) is 18.4 Å². The Morgan fingerprint density at radius 1 is 1.26 bits per heavy atom. The molecule has 0 aromatic carbocycles. The molecule has 4 rings (SSSR count). The van der Waals surface area contributed by atoms with Crippen molar-refractivity contribution in [1.82, 2.24) is 19.6 Å². The van der Waals surface area contributed by atoms with E-state index in [9.17, 15) is 4.79 Å². The van der Waals surface area contributed by atoms with E-state index in [2.05, 4.69) is 10.1 Å². The maximum atomic E-state index is 12.4. The summed E-state index contributed by atoms with van der Waals surface area (Å²) in [5, 5.41) is 4.08. The molecule has 0 radical (unpaired) electrons. The van der Waals surface area contributed by atoms with Gasteiger partial charge in [-0.2, -0.15) is 4.98 Å². The molecule has 0 N–H and O–H groups in total. The Kier molecular flexibility index (Phi) is 3.89. The minimum absolute atomic E-state index is 0.190. The number of rotatable bonds is 5.